The molecule has 0 unspecified atom stereocenters. The van der Waals surface area contributed by atoms with Crippen molar-refractivity contribution in [3.8, 4) is 11.3 Å². The molecule has 10 nitrogen and oxygen atoms in total. The van der Waals surface area contributed by atoms with Crippen molar-refractivity contribution in [3.05, 3.63) is 90.0 Å². The summed E-state index contributed by atoms with van der Waals surface area (Å²) in [5.74, 6) is 1.74. The number of nitrogens with two attached hydrogens (primary N) is 1. The van der Waals surface area contributed by atoms with Gasteiger partial charge < -0.3 is 20.7 Å². The van der Waals surface area contributed by atoms with Crippen LogP contribution in [0.4, 0.5) is 11.6 Å². The highest BCUT2D eigenvalue weighted by atomic mass is 16.5. The maximum atomic E-state index is 12.3. The minimum Gasteiger partial charge on any atom is -0.381 e. The minimum absolute atomic E-state index is 0.199. The Morgan fingerprint density at radius 3 is 2.73 bits per heavy atom. The Kier molecular flexibility index (Phi) is 9.13. The fourth-order valence-electron chi connectivity index (χ4n) is 5.87. The first-order chi connectivity index (χ1) is 21.9. The first kappa shape index (κ1) is 30.4. The highest BCUT2D eigenvalue weighted by molar-refractivity contribution is 6.02. The number of anilines is 2. The summed E-state index contributed by atoms with van der Waals surface area (Å²) < 4.78 is 6.89. The zero-order chi connectivity index (χ0) is 31.3. The first-order valence-corrected chi connectivity index (χ1v) is 15.6. The summed E-state index contributed by atoms with van der Waals surface area (Å²) in [7, 11) is 1.59. The van der Waals surface area contributed by atoms with E-state index in [1.165, 1.54) is 11.6 Å². The van der Waals surface area contributed by atoms with Crippen molar-refractivity contribution in [1.82, 2.24) is 24.6 Å². The van der Waals surface area contributed by atoms with Gasteiger partial charge in [0.05, 0.1) is 18.5 Å². The van der Waals surface area contributed by atoms with Gasteiger partial charge in [-0.15, -0.1) is 0 Å². The standard InChI is InChI=1S/C35H40N8O2/c1-23(2)30-22-38-43-31(40-35(41-34(30)43)42-18-15-26(36)16-19-42)13-10-24-7-4-5-8-28(24)33-29-12-11-27(21-25(29)14-17-37-33)39-32(44)9-6-20-45-3/h4-9,11-12,14,17,21-23,26H,10,13,15-16,18-20,36H2,1-3H3,(H,39,44)/b9-6+. The van der Waals surface area contributed by atoms with E-state index in [9.17, 15) is 4.79 Å². The number of pyridine rings is 1. The number of aryl methyl sites for hydroxylation is 2. The van der Waals surface area contributed by atoms with Crippen LogP contribution in [0.5, 0.6) is 0 Å². The lowest BCUT2D eigenvalue weighted by atomic mass is 9.96. The molecule has 1 saturated heterocycles. The van der Waals surface area contributed by atoms with Crippen LogP contribution in [-0.2, 0) is 22.4 Å². The van der Waals surface area contributed by atoms with Crippen LogP contribution in [0.15, 0.2) is 73.1 Å². The van der Waals surface area contributed by atoms with E-state index in [2.05, 4.69) is 42.3 Å². The molecule has 0 atom stereocenters. The summed E-state index contributed by atoms with van der Waals surface area (Å²) in [5.41, 5.74) is 12.1. The second-order valence-corrected chi connectivity index (χ2v) is 11.9. The maximum absolute atomic E-state index is 12.3. The second kappa shape index (κ2) is 13.5. The Bertz CT molecular complexity index is 1840. The Morgan fingerprint density at radius 2 is 1.93 bits per heavy atom. The van der Waals surface area contributed by atoms with E-state index in [1.54, 1.807) is 13.2 Å². The lowest BCUT2D eigenvalue weighted by Crippen LogP contribution is -2.40. The number of hydrogen-bond donors (Lipinski definition) is 2. The lowest BCUT2D eigenvalue weighted by molar-refractivity contribution is -0.111. The molecule has 232 valence electrons. The summed E-state index contributed by atoms with van der Waals surface area (Å²) in [5, 5.41) is 9.66. The van der Waals surface area contributed by atoms with Crippen LogP contribution in [0.25, 0.3) is 27.7 Å². The van der Waals surface area contributed by atoms with Crippen LogP contribution in [0.3, 0.4) is 0 Å². The van der Waals surface area contributed by atoms with Crippen molar-refractivity contribution < 1.29 is 9.53 Å². The van der Waals surface area contributed by atoms with Gasteiger partial charge in [0, 0.05) is 67.1 Å². The summed E-state index contributed by atoms with van der Waals surface area (Å²) >= 11 is 0. The summed E-state index contributed by atoms with van der Waals surface area (Å²) in [6.45, 7) is 6.43. The number of hydrogen-bond acceptors (Lipinski definition) is 8. The zero-order valence-electron chi connectivity index (χ0n) is 26.1. The van der Waals surface area contributed by atoms with Gasteiger partial charge in [-0.3, -0.25) is 9.78 Å². The third-order valence-electron chi connectivity index (χ3n) is 8.35. The molecule has 6 rings (SSSR count). The van der Waals surface area contributed by atoms with Crippen molar-refractivity contribution in [2.75, 3.05) is 37.0 Å². The normalized spacial score (nSPS) is 14.3. The number of carbonyl (C=O) groups excluding carboxylic acids is 1. The molecule has 3 aromatic heterocycles. The average Bonchev–Trinajstić information content (AvgIpc) is 3.49. The third kappa shape index (κ3) is 6.72. The summed E-state index contributed by atoms with van der Waals surface area (Å²) in [6.07, 6.45) is 10.2. The van der Waals surface area contributed by atoms with E-state index in [4.69, 9.17) is 30.5 Å². The number of ether oxygens (including phenoxy) is 1. The van der Waals surface area contributed by atoms with E-state index in [0.717, 1.165) is 83.1 Å². The van der Waals surface area contributed by atoms with Crippen LogP contribution in [0.2, 0.25) is 0 Å². The Labute approximate surface area is 263 Å². The van der Waals surface area contributed by atoms with E-state index in [-0.39, 0.29) is 11.9 Å². The largest absolute Gasteiger partial charge is 0.381 e. The van der Waals surface area contributed by atoms with E-state index in [0.29, 0.717) is 18.9 Å². The second-order valence-electron chi connectivity index (χ2n) is 11.9. The van der Waals surface area contributed by atoms with Crippen LogP contribution in [0, 0.1) is 0 Å². The van der Waals surface area contributed by atoms with Gasteiger partial charge in [0.25, 0.3) is 0 Å². The smallest absolute Gasteiger partial charge is 0.248 e. The number of carbonyl (C=O) groups is 1. The quantitative estimate of drug-likeness (QED) is 0.206. The number of rotatable bonds is 10. The average molecular weight is 605 g/mol. The molecule has 5 aromatic rings. The fourth-order valence-corrected chi connectivity index (χ4v) is 5.87. The number of methoxy groups -OCH3 is 1. The summed E-state index contributed by atoms with van der Waals surface area (Å²) in [4.78, 5) is 29.4. The number of fused-ring (bicyclic) bond motifs is 2. The van der Waals surface area contributed by atoms with Gasteiger partial charge in [-0.2, -0.15) is 15.1 Å². The van der Waals surface area contributed by atoms with Crippen molar-refractivity contribution in [2.45, 2.75) is 51.5 Å². The maximum Gasteiger partial charge on any atom is 0.248 e. The fraction of sp³-hybridized carbons (Fsp3) is 0.343. The zero-order valence-corrected chi connectivity index (χ0v) is 26.1. The topological polar surface area (TPSA) is 124 Å². The van der Waals surface area contributed by atoms with E-state index < -0.39 is 0 Å². The Morgan fingerprint density at radius 1 is 1.11 bits per heavy atom. The lowest BCUT2D eigenvalue weighted by Gasteiger charge is -2.30. The predicted octanol–water partition coefficient (Wildman–Crippen LogP) is 5.32. The molecule has 0 bridgehead atoms. The number of piperidine rings is 1. The van der Waals surface area contributed by atoms with E-state index >= 15 is 0 Å². The van der Waals surface area contributed by atoms with Crippen LogP contribution >= 0.6 is 0 Å². The molecule has 10 heteroatoms. The van der Waals surface area contributed by atoms with Crippen molar-refractivity contribution >= 4 is 34.0 Å². The van der Waals surface area contributed by atoms with Gasteiger partial charge in [0.1, 0.15) is 5.82 Å². The molecule has 0 aliphatic carbocycles. The van der Waals surface area contributed by atoms with Crippen molar-refractivity contribution in [2.24, 2.45) is 5.73 Å². The highest BCUT2D eigenvalue weighted by Gasteiger charge is 2.22. The van der Waals surface area contributed by atoms with Gasteiger partial charge >= 0.3 is 0 Å². The SMILES string of the molecule is COC/C=C/C(=O)Nc1ccc2c(-c3ccccc3CCc3nc(N4CCC(N)CC4)nc4c(C(C)C)cnn34)nccc2c1. The first-order valence-electron chi connectivity index (χ1n) is 15.6. The van der Waals surface area contributed by atoms with Gasteiger partial charge in [-0.25, -0.2) is 4.52 Å². The Hall–Kier alpha value is -4.67. The number of nitrogens with zero attached hydrogens (tertiary/aromatic N) is 6. The third-order valence-corrected chi connectivity index (χ3v) is 8.35. The predicted molar refractivity (Wildman–Crippen MR) is 179 cm³/mol. The molecule has 2 aromatic carbocycles. The van der Waals surface area contributed by atoms with E-state index in [1.807, 2.05) is 47.2 Å². The monoisotopic (exact) mass is 604 g/mol. The molecule has 1 aliphatic heterocycles. The molecule has 45 heavy (non-hydrogen) atoms. The Balaban J connectivity index is 1.30. The molecular weight excluding hydrogens is 564 g/mol. The van der Waals surface area contributed by atoms with Gasteiger partial charge in [-0.1, -0.05) is 50.3 Å². The van der Waals surface area contributed by atoms with Crippen LogP contribution in [0.1, 0.15) is 49.6 Å². The molecule has 3 N–H and O–H groups in total. The van der Waals surface area contributed by atoms with Crippen molar-refractivity contribution in [3.63, 3.8) is 0 Å². The molecule has 4 heterocycles. The molecular formula is C35H40N8O2. The molecule has 1 aliphatic rings. The van der Waals surface area contributed by atoms with Crippen LogP contribution in [-0.4, -0.2) is 63.3 Å². The highest BCUT2D eigenvalue weighted by Crippen LogP contribution is 2.32. The molecule has 0 spiro atoms. The van der Waals surface area contributed by atoms with Crippen molar-refractivity contribution in [1.29, 1.82) is 0 Å². The summed E-state index contributed by atoms with van der Waals surface area (Å²) in [6, 6.07) is 16.5. The molecule has 0 radical (unpaired) electrons. The van der Waals surface area contributed by atoms with Gasteiger partial charge in [-0.05, 0) is 54.3 Å². The minimum atomic E-state index is -0.199. The van der Waals surface area contributed by atoms with Crippen LogP contribution < -0.4 is 16.0 Å². The number of benzene rings is 2. The molecule has 1 fully saturated rings. The van der Waals surface area contributed by atoms with Gasteiger partial charge in [0.2, 0.25) is 11.9 Å². The number of nitrogens with one attached hydrogen (secondary N) is 1. The number of amides is 1. The number of aromatic nitrogens is 5. The molecule has 0 saturated carbocycles. The van der Waals surface area contributed by atoms with Gasteiger partial charge in [0.15, 0.2) is 5.65 Å². The molecule has 1 amide bonds.